The summed E-state index contributed by atoms with van der Waals surface area (Å²) in [6.45, 7) is 1.73. The summed E-state index contributed by atoms with van der Waals surface area (Å²) in [6, 6.07) is 14.6. The molecule has 0 atom stereocenters. The molecule has 4 aromatic rings. The molecule has 1 aliphatic rings. The summed E-state index contributed by atoms with van der Waals surface area (Å²) < 4.78 is 16.3. The standard InChI is InChI=1S/C23H20FN5OS/c24-19-12-17(8-9-21(19)28-10-4-5-11-28)26-22(30)20-15-31-23(27-20)16-13-25-29(14-16)18-6-2-1-3-7-18/h1-3,6-9,12-15H,4-5,10-11H2,(H,26,30). The van der Waals surface area contributed by atoms with Crippen LogP contribution in [0.2, 0.25) is 0 Å². The minimum absolute atomic E-state index is 0.288. The van der Waals surface area contributed by atoms with Crippen molar-refractivity contribution in [3.63, 3.8) is 0 Å². The fraction of sp³-hybridized carbons (Fsp3) is 0.174. The molecule has 1 aliphatic heterocycles. The van der Waals surface area contributed by atoms with Gasteiger partial charge in [0.15, 0.2) is 0 Å². The summed E-state index contributed by atoms with van der Waals surface area (Å²) in [5, 5.41) is 9.50. The van der Waals surface area contributed by atoms with Gasteiger partial charge in [-0.2, -0.15) is 5.10 Å². The van der Waals surface area contributed by atoms with Gasteiger partial charge < -0.3 is 10.2 Å². The molecule has 1 saturated heterocycles. The predicted molar refractivity (Wildman–Crippen MR) is 120 cm³/mol. The lowest BCUT2D eigenvalue weighted by atomic mass is 10.2. The molecule has 5 rings (SSSR count). The van der Waals surface area contributed by atoms with Gasteiger partial charge in [0.1, 0.15) is 16.5 Å². The number of carbonyl (C=O) groups is 1. The van der Waals surface area contributed by atoms with Crippen molar-refractivity contribution in [2.75, 3.05) is 23.3 Å². The molecule has 0 aliphatic carbocycles. The average Bonchev–Trinajstić information content (AvgIpc) is 3.55. The van der Waals surface area contributed by atoms with Gasteiger partial charge >= 0.3 is 0 Å². The Labute approximate surface area is 183 Å². The Bertz CT molecular complexity index is 1210. The fourth-order valence-electron chi connectivity index (χ4n) is 3.66. The summed E-state index contributed by atoms with van der Waals surface area (Å²) >= 11 is 1.37. The van der Waals surface area contributed by atoms with E-state index in [1.807, 2.05) is 41.4 Å². The quantitative estimate of drug-likeness (QED) is 0.482. The van der Waals surface area contributed by atoms with E-state index in [1.54, 1.807) is 28.4 Å². The highest BCUT2D eigenvalue weighted by molar-refractivity contribution is 7.13. The number of aromatic nitrogens is 3. The second-order valence-electron chi connectivity index (χ2n) is 7.36. The van der Waals surface area contributed by atoms with Crippen molar-refractivity contribution in [2.24, 2.45) is 0 Å². The van der Waals surface area contributed by atoms with Crippen LogP contribution in [-0.4, -0.2) is 33.8 Å². The van der Waals surface area contributed by atoms with E-state index in [9.17, 15) is 9.18 Å². The topological polar surface area (TPSA) is 63.1 Å². The van der Waals surface area contributed by atoms with Gasteiger partial charge in [0.2, 0.25) is 0 Å². The minimum Gasteiger partial charge on any atom is -0.369 e. The molecule has 2 aromatic heterocycles. The van der Waals surface area contributed by atoms with Crippen LogP contribution in [0.4, 0.5) is 15.8 Å². The second-order valence-corrected chi connectivity index (χ2v) is 8.22. The SMILES string of the molecule is O=C(Nc1ccc(N2CCCC2)c(F)c1)c1csc(-c2cnn(-c3ccccc3)c2)n1. The molecule has 3 heterocycles. The van der Waals surface area contributed by atoms with Crippen molar-refractivity contribution in [2.45, 2.75) is 12.8 Å². The van der Waals surface area contributed by atoms with E-state index in [4.69, 9.17) is 0 Å². The zero-order chi connectivity index (χ0) is 21.2. The second kappa shape index (κ2) is 8.31. The van der Waals surface area contributed by atoms with E-state index >= 15 is 0 Å². The maximum Gasteiger partial charge on any atom is 0.275 e. The van der Waals surface area contributed by atoms with Crippen LogP contribution in [0.5, 0.6) is 0 Å². The molecule has 1 N–H and O–H groups in total. The van der Waals surface area contributed by atoms with Gasteiger partial charge in [0.05, 0.1) is 17.6 Å². The zero-order valence-corrected chi connectivity index (χ0v) is 17.5. The molecule has 0 saturated carbocycles. The van der Waals surface area contributed by atoms with Crippen LogP contribution in [0.3, 0.4) is 0 Å². The molecule has 1 fully saturated rings. The first kappa shape index (κ1) is 19.4. The first-order valence-electron chi connectivity index (χ1n) is 10.1. The van der Waals surface area contributed by atoms with Crippen molar-refractivity contribution in [3.05, 3.63) is 77.8 Å². The molecule has 0 spiro atoms. The van der Waals surface area contributed by atoms with E-state index in [-0.39, 0.29) is 17.4 Å². The maximum atomic E-state index is 14.5. The predicted octanol–water partition coefficient (Wildman–Crippen LogP) is 4.99. The van der Waals surface area contributed by atoms with Gasteiger partial charge in [-0.15, -0.1) is 11.3 Å². The third-order valence-corrected chi connectivity index (χ3v) is 6.13. The van der Waals surface area contributed by atoms with Crippen molar-refractivity contribution in [1.82, 2.24) is 14.8 Å². The molecule has 156 valence electrons. The Morgan fingerprint density at radius 2 is 1.90 bits per heavy atom. The lowest BCUT2D eigenvalue weighted by Gasteiger charge is -2.18. The molecular weight excluding hydrogens is 413 g/mol. The number of rotatable bonds is 5. The van der Waals surface area contributed by atoms with Crippen LogP contribution in [0.15, 0.2) is 66.3 Å². The number of amides is 1. The Kier molecular flexibility index (Phi) is 5.21. The maximum absolute atomic E-state index is 14.5. The number of benzene rings is 2. The lowest BCUT2D eigenvalue weighted by molar-refractivity contribution is 0.102. The molecule has 8 heteroatoms. The molecular formula is C23H20FN5OS. The van der Waals surface area contributed by atoms with E-state index < -0.39 is 0 Å². The highest BCUT2D eigenvalue weighted by atomic mass is 32.1. The summed E-state index contributed by atoms with van der Waals surface area (Å²) in [6.07, 6.45) is 5.75. The summed E-state index contributed by atoms with van der Waals surface area (Å²) in [5.74, 6) is -0.696. The van der Waals surface area contributed by atoms with Crippen LogP contribution >= 0.6 is 11.3 Å². The van der Waals surface area contributed by atoms with Crippen LogP contribution in [-0.2, 0) is 0 Å². The number of carbonyl (C=O) groups excluding carboxylic acids is 1. The summed E-state index contributed by atoms with van der Waals surface area (Å²) in [4.78, 5) is 19.1. The molecule has 0 unspecified atom stereocenters. The van der Waals surface area contributed by atoms with Crippen LogP contribution in [0.1, 0.15) is 23.3 Å². The number of hydrogen-bond acceptors (Lipinski definition) is 5. The van der Waals surface area contributed by atoms with Crippen molar-refractivity contribution < 1.29 is 9.18 Å². The highest BCUT2D eigenvalue weighted by Gasteiger charge is 2.18. The van der Waals surface area contributed by atoms with E-state index in [2.05, 4.69) is 15.4 Å². The average molecular weight is 434 g/mol. The molecule has 2 aromatic carbocycles. The van der Waals surface area contributed by atoms with Crippen LogP contribution in [0.25, 0.3) is 16.3 Å². The minimum atomic E-state index is -0.369. The van der Waals surface area contributed by atoms with Gasteiger partial charge in [-0.25, -0.2) is 14.1 Å². The Morgan fingerprint density at radius 3 is 2.68 bits per heavy atom. The van der Waals surface area contributed by atoms with Crippen LogP contribution in [0, 0.1) is 5.82 Å². The monoisotopic (exact) mass is 433 g/mol. The molecule has 31 heavy (non-hydrogen) atoms. The summed E-state index contributed by atoms with van der Waals surface area (Å²) in [5.41, 5.74) is 3.06. The first-order valence-corrected chi connectivity index (χ1v) is 11.0. The van der Waals surface area contributed by atoms with E-state index in [0.717, 1.165) is 37.2 Å². The van der Waals surface area contributed by atoms with Gasteiger partial charge in [-0.1, -0.05) is 18.2 Å². The van der Waals surface area contributed by atoms with E-state index in [0.29, 0.717) is 16.4 Å². The number of para-hydroxylation sites is 1. The Morgan fingerprint density at radius 1 is 1.10 bits per heavy atom. The number of nitrogens with zero attached hydrogens (tertiary/aromatic N) is 4. The third-order valence-electron chi connectivity index (χ3n) is 5.24. The lowest BCUT2D eigenvalue weighted by Crippen LogP contribution is -2.19. The highest BCUT2D eigenvalue weighted by Crippen LogP contribution is 2.27. The molecule has 1 amide bonds. The first-order chi connectivity index (χ1) is 15.2. The number of hydrogen-bond donors (Lipinski definition) is 1. The number of halogens is 1. The summed E-state index contributed by atoms with van der Waals surface area (Å²) in [7, 11) is 0. The van der Waals surface area contributed by atoms with Gasteiger partial charge in [-0.05, 0) is 43.2 Å². The number of thiazole rings is 1. The van der Waals surface area contributed by atoms with E-state index in [1.165, 1.54) is 17.4 Å². The van der Waals surface area contributed by atoms with Gasteiger partial charge in [-0.3, -0.25) is 4.79 Å². The van der Waals surface area contributed by atoms with Crippen molar-refractivity contribution in [3.8, 4) is 16.3 Å². The zero-order valence-electron chi connectivity index (χ0n) is 16.7. The molecule has 0 bridgehead atoms. The normalized spacial score (nSPS) is 13.5. The Hall–Kier alpha value is -3.52. The smallest absolute Gasteiger partial charge is 0.275 e. The van der Waals surface area contributed by atoms with Gasteiger partial charge in [0.25, 0.3) is 5.91 Å². The third kappa shape index (κ3) is 4.06. The molecule has 6 nitrogen and oxygen atoms in total. The van der Waals surface area contributed by atoms with Crippen molar-refractivity contribution >= 4 is 28.6 Å². The van der Waals surface area contributed by atoms with Crippen molar-refractivity contribution in [1.29, 1.82) is 0 Å². The number of anilines is 2. The van der Waals surface area contributed by atoms with Crippen LogP contribution < -0.4 is 10.2 Å². The Balaban J connectivity index is 1.29. The van der Waals surface area contributed by atoms with Gasteiger partial charge in [0, 0.05) is 35.9 Å². The molecule has 0 radical (unpaired) electrons. The largest absolute Gasteiger partial charge is 0.369 e. The fourth-order valence-corrected chi connectivity index (χ4v) is 4.44. The number of nitrogens with one attached hydrogen (secondary N) is 1.